The third-order valence-corrected chi connectivity index (χ3v) is 6.79. The maximum absolute atomic E-state index is 14.5. The van der Waals surface area contributed by atoms with Crippen LogP contribution in [0.25, 0.3) is 0 Å². The Kier molecular flexibility index (Phi) is 6.35. The van der Waals surface area contributed by atoms with E-state index >= 15 is 0 Å². The Hall–Kier alpha value is -1.34. The molecule has 1 aromatic carbocycles. The average Bonchev–Trinajstić information content (AvgIpc) is 3.26. The molecule has 1 saturated heterocycles. The number of rotatable bonds is 5. The summed E-state index contributed by atoms with van der Waals surface area (Å²) < 4.78 is 71.9. The molecule has 162 valence electrons. The fourth-order valence-corrected chi connectivity index (χ4v) is 5.01. The number of hydrogen-bond acceptors (Lipinski definition) is 3. The lowest BCUT2D eigenvalue weighted by Gasteiger charge is -2.40. The molecule has 3 nitrogen and oxygen atoms in total. The molecule has 1 heterocycles. The van der Waals surface area contributed by atoms with Crippen LogP contribution in [0.4, 0.5) is 17.6 Å². The van der Waals surface area contributed by atoms with Crippen molar-refractivity contribution < 1.29 is 31.8 Å². The first-order valence-corrected chi connectivity index (χ1v) is 10.7. The van der Waals surface area contributed by atoms with Crippen molar-refractivity contribution in [3.63, 3.8) is 0 Å². The zero-order valence-corrected chi connectivity index (χ0v) is 16.4. The average molecular weight is 416 g/mol. The highest BCUT2D eigenvalue weighted by atomic mass is 19.3. The van der Waals surface area contributed by atoms with Gasteiger partial charge in [0.1, 0.15) is 5.75 Å². The van der Waals surface area contributed by atoms with Crippen molar-refractivity contribution >= 4 is 0 Å². The maximum Gasteiger partial charge on any atom is 0.400 e. The summed E-state index contributed by atoms with van der Waals surface area (Å²) in [5.74, 6) is -2.38. The molecular formula is C22H28F4O3. The first-order valence-electron chi connectivity index (χ1n) is 10.7. The van der Waals surface area contributed by atoms with E-state index in [2.05, 4.69) is 0 Å². The first-order chi connectivity index (χ1) is 13.9. The molecule has 0 aromatic heterocycles. The second kappa shape index (κ2) is 8.80. The second-order valence-corrected chi connectivity index (χ2v) is 8.69. The van der Waals surface area contributed by atoms with E-state index < -0.39 is 23.7 Å². The van der Waals surface area contributed by atoms with Crippen molar-refractivity contribution in [3.05, 3.63) is 29.8 Å². The van der Waals surface area contributed by atoms with Crippen molar-refractivity contribution in [2.24, 2.45) is 23.7 Å². The van der Waals surface area contributed by atoms with Gasteiger partial charge in [0.15, 0.2) is 17.9 Å². The van der Waals surface area contributed by atoms with Crippen LogP contribution < -0.4 is 4.74 Å². The van der Waals surface area contributed by atoms with Crippen molar-refractivity contribution in [1.82, 2.24) is 0 Å². The highest BCUT2D eigenvalue weighted by Gasteiger charge is 2.46. The number of hydrogen-bond donors (Lipinski definition) is 0. The summed E-state index contributed by atoms with van der Waals surface area (Å²) in [6, 6.07) is 2.45. The normalized spacial score (nSPS) is 31.7. The van der Waals surface area contributed by atoms with Crippen LogP contribution in [0.15, 0.2) is 18.2 Å². The monoisotopic (exact) mass is 416 g/mol. The summed E-state index contributed by atoms with van der Waals surface area (Å²) in [5.41, 5.74) is 0. The molecule has 1 aliphatic heterocycles. The minimum absolute atomic E-state index is 0.106. The van der Waals surface area contributed by atoms with Gasteiger partial charge in [-0.2, -0.15) is 8.78 Å². The van der Waals surface area contributed by atoms with E-state index in [9.17, 15) is 17.6 Å². The molecule has 0 N–H and O–H groups in total. The Morgan fingerprint density at radius 3 is 2.07 bits per heavy atom. The quantitative estimate of drug-likeness (QED) is 0.558. The van der Waals surface area contributed by atoms with Crippen LogP contribution in [0, 0.1) is 35.3 Å². The minimum Gasteiger partial charge on any atom is -0.432 e. The van der Waals surface area contributed by atoms with Gasteiger partial charge in [0, 0.05) is 17.9 Å². The van der Waals surface area contributed by atoms with Crippen molar-refractivity contribution in [2.75, 3.05) is 13.2 Å². The van der Waals surface area contributed by atoms with E-state index in [1.807, 2.05) is 0 Å². The molecule has 0 unspecified atom stereocenters. The topological polar surface area (TPSA) is 27.7 Å². The van der Waals surface area contributed by atoms with Gasteiger partial charge in [0.2, 0.25) is 0 Å². The van der Waals surface area contributed by atoms with Crippen molar-refractivity contribution in [3.8, 4) is 5.75 Å². The molecular weight excluding hydrogens is 388 g/mol. The number of halogens is 4. The third kappa shape index (κ3) is 4.88. The second-order valence-electron chi connectivity index (χ2n) is 8.69. The van der Waals surface area contributed by atoms with E-state index in [1.165, 1.54) is 25.7 Å². The van der Waals surface area contributed by atoms with Crippen molar-refractivity contribution in [2.45, 2.75) is 63.8 Å². The molecule has 2 saturated carbocycles. The molecule has 29 heavy (non-hydrogen) atoms. The maximum atomic E-state index is 14.5. The summed E-state index contributed by atoms with van der Waals surface area (Å²) in [6.07, 6.45) is 3.02. The summed E-state index contributed by atoms with van der Waals surface area (Å²) in [4.78, 5) is 0. The molecule has 0 bridgehead atoms. The number of benzene rings is 1. The molecule has 0 atom stereocenters. The van der Waals surface area contributed by atoms with Gasteiger partial charge in [0.25, 0.3) is 0 Å². The Balaban J connectivity index is 1.26. The fraction of sp³-hybridized carbons (Fsp3) is 0.727. The summed E-state index contributed by atoms with van der Waals surface area (Å²) in [7, 11) is 0. The lowest BCUT2D eigenvalue weighted by Crippen LogP contribution is -2.43. The summed E-state index contributed by atoms with van der Waals surface area (Å²) in [5, 5.41) is 0. The van der Waals surface area contributed by atoms with Gasteiger partial charge >= 0.3 is 6.11 Å². The van der Waals surface area contributed by atoms with Crippen LogP contribution in [-0.2, 0) is 9.47 Å². The first kappa shape index (κ1) is 20.9. The van der Waals surface area contributed by atoms with Gasteiger partial charge in [-0.1, -0.05) is 25.7 Å². The SMILES string of the molecule is Fc1ccc(OC(F)(F)C2CCC(C3OCC(C4CCCC4)CO3)CC2)cc1F. The fourth-order valence-electron chi connectivity index (χ4n) is 5.01. The molecule has 7 heteroatoms. The Morgan fingerprint density at radius 2 is 1.45 bits per heavy atom. The van der Waals surface area contributed by atoms with Gasteiger partial charge in [-0.3, -0.25) is 0 Å². The van der Waals surface area contributed by atoms with Gasteiger partial charge in [0.05, 0.1) is 19.1 Å². The van der Waals surface area contributed by atoms with Crippen LogP contribution >= 0.6 is 0 Å². The zero-order valence-electron chi connectivity index (χ0n) is 16.4. The van der Waals surface area contributed by atoms with Crippen LogP contribution in [0.5, 0.6) is 5.75 Å². The van der Waals surface area contributed by atoms with Crippen LogP contribution in [0.2, 0.25) is 0 Å². The van der Waals surface area contributed by atoms with E-state index in [1.54, 1.807) is 0 Å². The van der Waals surface area contributed by atoms with Gasteiger partial charge in [-0.25, -0.2) is 8.78 Å². The van der Waals surface area contributed by atoms with Gasteiger partial charge in [-0.05, 0) is 43.7 Å². The molecule has 1 aromatic rings. The minimum atomic E-state index is -3.43. The third-order valence-electron chi connectivity index (χ3n) is 6.79. The molecule has 0 amide bonds. The summed E-state index contributed by atoms with van der Waals surface area (Å²) in [6.45, 7) is 1.40. The van der Waals surface area contributed by atoms with Crippen LogP contribution in [0.1, 0.15) is 51.4 Å². The highest BCUT2D eigenvalue weighted by Crippen LogP contribution is 2.43. The standard InChI is InChI=1S/C22H28F4O3/c23-19-10-9-18(11-20(19)24)29-22(25,26)17-7-5-15(6-8-17)21-27-12-16(13-28-21)14-3-1-2-4-14/h9-11,14-17,21H,1-8,12-13H2. The van der Waals surface area contributed by atoms with Gasteiger partial charge < -0.3 is 14.2 Å². The predicted octanol–water partition coefficient (Wildman–Crippen LogP) is 5.92. The van der Waals surface area contributed by atoms with Gasteiger partial charge in [-0.15, -0.1) is 0 Å². The highest BCUT2D eigenvalue weighted by molar-refractivity contribution is 5.24. The lowest BCUT2D eigenvalue weighted by atomic mass is 9.80. The zero-order chi connectivity index (χ0) is 20.4. The van der Waals surface area contributed by atoms with E-state index in [4.69, 9.17) is 14.2 Å². The Labute approximate surface area is 168 Å². The molecule has 0 radical (unpaired) electrons. The predicted molar refractivity (Wildman–Crippen MR) is 98.5 cm³/mol. The molecule has 0 spiro atoms. The van der Waals surface area contributed by atoms with Crippen molar-refractivity contribution in [1.29, 1.82) is 0 Å². The Morgan fingerprint density at radius 1 is 0.793 bits per heavy atom. The van der Waals surface area contributed by atoms with Crippen LogP contribution in [0.3, 0.4) is 0 Å². The van der Waals surface area contributed by atoms with E-state index in [-0.39, 0.29) is 30.8 Å². The number of ether oxygens (including phenoxy) is 3. The molecule has 3 aliphatic rings. The Bertz CT molecular complexity index is 677. The summed E-state index contributed by atoms with van der Waals surface area (Å²) >= 11 is 0. The van der Waals surface area contributed by atoms with E-state index in [0.29, 0.717) is 44.0 Å². The largest absolute Gasteiger partial charge is 0.432 e. The molecule has 3 fully saturated rings. The lowest BCUT2D eigenvalue weighted by molar-refractivity contribution is -0.250. The molecule has 4 rings (SSSR count). The van der Waals surface area contributed by atoms with E-state index in [0.717, 1.165) is 12.1 Å². The molecule has 2 aliphatic carbocycles. The number of alkyl halides is 2. The van der Waals surface area contributed by atoms with Crippen LogP contribution in [-0.4, -0.2) is 25.6 Å². The smallest absolute Gasteiger partial charge is 0.400 e.